The summed E-state index contributed by atoms with van der Waals surface area (Å²) in [6.45, 7) is 6.82. The van der Waals surface area contributed by atoms with Gasteiger partial charge in [-0.1, -0.05) is 18.2 Å². The van der Waals surface area contributed by atoms with Crippen molar-refractivity contribution in [2.24, 2.45) is 0 Å². The maximum Gasteiger partial charge on any atom is 0.267 e. The molecule has 4 aromatic heterocycles. The minimum atomic E-state index is -0.826. The number of aromatic nitrogens is 6. The zero-order chi connectivity index (χ0) is 46.0. The Bertz CT molecular complexity index is 2840. The van der Waals surface area contributed by atoms with Crippen molar-refractivity contribution in [3.05, 3.63) is 114 Å². The maximum atomic E-state index is 15.3. The molecule has 18 heteroatoms. The topological polar surface area (TPSA) is 170 Å². The molecule has 0 radical (unpaired) electrons. The van der Waals surface area contributed by atoms with Crippen LogP contribution in [0.4, 0.5) is 14.5 Å². The molecule has 3 amide bonds. The lowest BCUT2D eigenvalue weighted by atomic mass is 9.89. The Kier molecular flexibility index (Phi) is 12.4. The van der Waals surface area contributed by atoms with Crippen LogP contribution in [0.15, 0.2) is 85.6 Å². The molecule has 0 saturated carbocycles. The molecule has 4 aliphatic heterocycles. The highest BCUT2D eigenvalue weighted by molar-refractivity contribution is 6.00. The zero-order valence-corrected chi connectivity index (χ0v) is 36.9. The first kappa shape index (κ1) is 43.8. The Morgan fingerprint density at radius 2 is 1.63 bits per heavy atom. The second-order valence-corrected chi connectivity index (χ2v) is 17.8. The van der Waals surface area contributed by atoms with Gasteiger partial charge in [0.25, 0.3) is 5.91 Å². The molecule has 0 spiro atoms. The normalized spacial score (nSPS) is 19.1. The molecular formula is C49H50F2N12O4. The molecule has 1 atom stereocenters. The number of halogens is 2. The van der Waals surface area contributed by atoms with Gasteiger partial charge >= 0.3 is 0 Å². The predicted molar refractivity (Wildman–Crippen MR) is 243 cm³/mol. The van der Waals surface area contributed by atoms with Gasteiger partial charge in [-0.15, -0.1) is 0 Å². The smallest absolute Gasteiger partial charge is 0.267 e. The number of carbonyl (C=O) groups excluding carboxylic acids is 3. The summed E-state index contributed by atoms with van der Waals surface area (Å²) in [6, 6.07) is 18.2. The van der Waals surface area contributed by atoms with Crippen molar-refractivity contribution in [2.45, 2.75) is 63.1 Å². The monoisotopic (exact) mass is 908 g/mol. The van der Waals surface area contributed by atoms with Gasteiger partial charge in [0, 0.05) is 93.9 Å². The van der Waals surface area contributed by atoms with Gasteiger partial charge in [-0.05, 0) is 80.6 Å². The van der Waals surface area contributed by atoms with Gasteiger partial charge < -0.3 is 14.5 Å². The molecule has 4 aliphatic rings. The summed E-state index contributed by atoms with van der Waals surface area (Å²) in [4.78, 5) is 55.1. The molecule has 344 valence electrons. The van der Waals surface area contributed by atoms with Gasteiger partial charge in [0.1, 0.15) is 34.5 Å². The van der Waals surface area contributed by atoms with Crippen LogP contribution in [0.2, 0.25) is 0 Å². The van der Waals surface area contributed by atoms with E-state index in [-0.39, 0.29) is 54.0 Å². The number of amides is 3. The standard InChI is InChI=1S/C49H50F2N12O4/c50-36-9-14-53-37(23-36)29-59-19-21-60(22-20-59)38-3-1-33(2-4-38)47-48-34(25-52)26-55-63(48)30-43(56-47)35-27-54-62(28-35)39-12-17-61(18-13-39)46(65)31-58-15-10-32(11-16-58)41-6-5-40(24-42(41)51)67-44-7-8-45(64)57-49(44)66/h1-6,9,14,23-24,26-28,30,32,39,44H,7-8,10-13,15-22,29,31H2,(H,57,64,66). The highest BCUT2D eigenvalue weighted by Gasteiger charge is 2.31. The van der Waals surface area contributed by atoms with E-state index in [2.05, 4.69) is 48.3 Å². The third-order valence-corrected chi connectivity index (χ3v) is 13.6. The molecule has 2 aromatic carbocycles. The fraction of sp³-hybridized carbons (Fsp3) is 0.388. The highest BCUT2D eigenvalue weighted by Crippen LogP contribution is 2.34. The van der Waals surface area contributed by atoms with E-state index in [4.69, 9.17) is 14.8 Å². The number of hydrogen-bond acceptors (Lipinski definition) is 12. The van der Waals surface area contributed by atoms with E-state index >= 15 is 4.39 Å². The number of piperidine rings is 3. The van der Waals surface area contributed by atoms with Crippen LogP contribution < -0.4 is 15.0 Å². The quantitative estimate of drug-likeness (QED) is 0.166. The number of ether oxygens (including phenoxy) is 1. The van der Waals surface area contributed by atoms with Crippen LogP contribution in [0.25, 0.3) is 28.0 Å². The Hall–Kier alpha value is -7.10. The largest absolute Gasteiger partial charge is 0.480 e. The van der Waals surface area contributed by atoms with Crippen LogP contribution >= 0.6 is 0 Å². The van der Waals surface area contributed by atoms with E-state index in [0.29, 0.717) is 67.3 Å². The first-order valence-electron chi connectivity index (χ1n) is 22.9. The molecule has 6 aromatic rings. The number of nitrogens with zero attached hydrogens (tertiary/aromatic N) is 11. The second kappa shape index (κ2) is 19.0. The molecular weight excluding hydrogens is 859 g/mol. The van der Waals surface area contributed by atoms with Crippen LogP contribution in [0, 0.1) is 23.0 Å². The lowest BCUT2D eigenvalue weighted by Crippen LogP contribution is -2.46. The van der Waals surface area contributed by atoms with Crippen molar-refractivity contribution in [1.29, 1.82) is 5.26 Å². The van der Waals surface area contributed by atoms with E-state index in [0.717, 1.165) is 74.4 Å². The summed E-state index contributed by atoms with van der Waals surface area (Å²) in [5, 5.41) is 21.5. The van der Waals surface area contributed by atoms with E-state index in [1.807, 2.05) is 34.1 Å². The highest BCUT2D eigenvalue weighted by atomic mass is 19.1. The van der Waals surface area contributed by atoms with E-state index < -0.39 is 12.0 Å². The molecule has 16 nitrogen and oxygen atoms in total. The number of nitrogens with one attached hydrogen (secondary N) is 1. The number of carbonyl (C=O) groups is 3. The molecule has 1 unspecified atom stereocenters. The number of fused-ring (bicyclic) bond motifs is 1. The maximum absolute atomic E-state index is 15.3. The van der Waals surface area contributed by atoms with Crippen molar-refractivity contribution < 1.29 is 27.9 Å². The number of nitriles is 1. The number of imide groups is 1. The Balaban J connectivity index is 0.726. The summed E-state index contributed by atoms with van der Waals surface area (Å²) < 4.78 is 38.3. The number of piperazine rings is 1. The van der Waals surface area contributed by atoms with Crippen molar-refractivity contribution in [2.75, 3.05) is 63.8 Å². The molecule has 8 heterocycles. The molecule has 10 rings (SSSR count). The zero-order valence-electron chi connectivity index (χ0n) is 36.9. The molecule has 0 aliphatic carbocycles. The van der Waals surface area contributed by atoms with Gasteiger partial charge in [-0.3, -0.25) is 39.2 Å². The van der Waals surface area contributed by atoms with Gasteiger partial charge in [0.15, 0.2) is 6.10 Å². The van der Waals surface area contributed by atoms with Crippen molar-refractivity contribution in [3.63, 3.8) is 0 Å². The average molecular weight is 909 g/mol. The lowest BCUT2D eigenvalue weighted by molar-refractivity contribution is -0.139. The number of hydrogen-bond donors (Lipinski definition) is 1. The van der Waals surface area contributed by atoms with Crippen molar-refractivity contribution in [1.82, 2.24) is 49.4 Å². The SMILES string of the molecule is N#Cc1cnn2cc(-c3cnn(C4CCN(C(=O)CN5CCC(c6ccc(OC7CCC(=O)NC7=O)cc6F)CC5)CC4)c3)nc(-c3ccc(N4CCN(Cc5cc(F)ccn5)CC4)cc3)c12. The minimum Gasteiger partial charge on any atom is -0.480 e. The summed E-state index contributed by atoms with van der Waals surface area (Å²) in [7, 11) is 0. The number of likely N-dealkylation sites (tertiary alicyclic amines) is 2. The van der Waals surface area contributed by atoms with Crippen LogP contribution in [-0.4, -0.2) is 127 Å². The first-order valence-corrected chi connectivity index (χ1v) is 22.9. The van der Waals surface area contributed by atoms with E-state index in [9.17, 15) is 24.0 Å². The Morgan fingerprint density at radius 1 is 0.836 bits per heavy atom. The molecule has 67 heavy (non-hydrogen) atoms. The summed E-state index contributed by atoms with van der Waals surface area (Å²) >= 11 is 0. The van der Waals surface area contributed by atoms with Gasteiger partial charge in [0.2, 0.25) is 11.8 Å². The van der Waals surface area contributed by atoms with Crippen molar-refractivity contribution >= 4 is 28.9 Å². The number of anilines is 1. The molecule has 0 bridgehead atoms. The first-order chi connectivity index (χ1) is 32.6. The Morgan fingerprint density at radius 3 is 2.36 bits per heavy atom. The van der Waals surface area contributed by atoms with Crippen molar-refractivity contribution in [3.8, 4) is 34.3 Å². The fourth-order valence-corrected chi connectivity index (χ4v) is 9.80. The summed E-state index contributed by atoms with van der Waals surface area (Å²) in [5.41, 5.74) is 6.47. The fourth-order valence-electron chi connectivity index (χ4n) is 9.80. The Labute approximate surface area is 385 Å². The van der Waals surface area contributed by atoms with Crippen LogP contribution in [0.3, 0.4) is 0 Å². The number of pyridine rings is 1. The molecule has 4 saturated heterocycles. The third-order valence-electron chi connectivity index (χ3n) is 13.6. The molecule has 1 N–H and O–H groups in total. The minimum absolute atomic E-state index is 0.00818. The number of benzene rings is 2. The second-order valence-electron chi connectivity index (χ2n) is 17.8. The van der Waals surface area contributed by atoms with Crippen LogP contribution in [0.5, 0.6) is 5.75 Å². The number of rotatable bonds is 11. The van der Waals surface area contributed by atoms with Crippen LogP contribution in [0.1, 0.15) is 67.3 Å². The van der Waals surface area contributed by atoms with E-state index in [1.54, 1.807) is 29.0 Å². The van der Waals surface area contributed by atoms with Crippen LogP contribution in [-0.2, 0) is 20.9 Å². The van der Waals surface area contributed by atoms with Gasteiger partial charge in [0.05, 0.1) is 48.3 Å². The van der Waals surface area contributed by atoms with Gasteiger partial charge in [-0.25, -0.2) is 18.3 Å². The summed E-state index contributed by atoms with van der Waals surface area (Å²) in [5.74, 6) is -1.15. The predicted octanol–water partition coefficient (Wildman–Crippen LogP) is 5.35. The van der Waals surface area contributed by atoms with E-state index in [1.165, 1.54) is 24.4 Å². The average Bonchev–Trinajstić information content (AvgIpc) is 4.01. The van der Waals surface area contributed by atoms with Gasteiger partial charge in [-0.2, -0.15) is 15.5 Å². The summed E-state index contributed by atoms with van der Waals surface area (Å²) in [6.07, 6.45) is 11.2. The third kappa shape index (κ3) is 9.61. The lowest BCUT2D eigenvalue weighted by Gasteiger charge is -2.36. The molecule has 4 fully saturated rings.